The van der Waals surface area contributed by atoms with E-state index >= 15 is 0 Å². The molecule has 2 N–H and O–H groups in total. The fraction of sp³-hybridized carbons (Fsp3) is 0.500. The summed E-state index contributed by atoms with van der Waals surface area (Å²) in [5.41, 5.74) is 0.644. The van der Waals surface area contributed by atoms with Gasteiger partial charge in [0.15, 0.2) is 0 Å². The van der Waals surface area contributed by atoms with Crippen LogP contribution >= 0.6 is 15.9 Å². The van der Waals surface area contributed by atoms with Gasteiger partial charge in [0.1, 0.15) is 5.75 Å². The van der Waals surface area contributed by atoms with Crippen molar-refractivity contribution in [3.05, 3.63) is 28.2 Å². The van der Waals surface area contributed by atoms with Crippen LogP contribution in [0.2, 0.25) is 0 Å². The van der Waals surface area contributed by atoms with Crippen LogP contribution in [0.25, 0.3) is 0 Å². The number of ether oxygens (including phenoxy) is 1. The van der Waals surface area contributed by atoms with E-state index in [1.165, 1.54) is 0 Å². The van der Waals surface area contributed by atoms with Crippen LogP contribution < -0.4 is 15.4 Å². The average Bonchev–Trinajstić information content (AvgIpc) is 2.41. The maximum Gasteiger partial charge on any atom is 0.251 e. The summed E-state index contributed by atoms with van der Waals surface area (Å²) < 4.78 is 5.95. The Kier molecular flexibility index (Phi) is 4.82. The van der Waals surface area contributed by atoms with Crippen molar-refractivity contribution in [2.24, 2.45) is 0 Å². The van der Waals surface area contributed by atoms with Crippen LogP contribution in [0.5, 0.6) is 5.75 Å². The third-order valence-electron chi connectivity index (χ3n) is 3.49. The van der Waals surface area contributed by atoms with Crippen molar-refractivity contribution < 1.29 is 9.53 Å². The van der Waals surface area contributed by atoms with Gasteiger partial charge in [-0.1, -0.05) is 0 Å². The number of amides is 1. The Hall–Kier alpha value is -1.07. The predicted octanol–water partition coefficient (Wildman–Crippen LogP) is 2.33. The smallest absolute Gasteiger partial charge is 0.251 e. The highest BCUT2D eigenvalue weighted by Crippen LogP contribution is 2.25. The molecule has 1 aromatic carbocycles. The minimum absolute atomic E-state index is 0.0381. The number of carbonyl (C=O) groups excluding carboxylic acids is 1. The van der Waals surface area contributed by atoms with Gasteiger partial charge >= 0.3 is 0 Å². The Morgan fingerprint density at radius 1 is 1.53 bits per heavy atom. The second-order valence-electron chi connectivity index (χ2n) is 4.81. The molecule has 104 valence electrons. The molecule has 0 radical (unpaired) electrons. The van der Waals surface area contributed by atoms with Crippen molar-refractivity contribution in [3.63, 3.8) is 0 Å². The summed E-state index contributed by atoms with van der Waals surface area (Å²) in [6, 6.07) is 5.87. The van der Waals surface area contributed by atoms with Crippen LogP contribution in [0.1, 0.15) is 30.1 Å². The van der Waals surface area contributed by atoms with E-state index in [9.17, 15) is 4.79 Å². The van der Waals surface area contributed by atoms with Crippen LogP contribution in [-0.4, -0.2) is 31.6 Å². The molecule has 19 heavy (non-hydrogen) atoms. The van der Waals surface area contributed by atoms with Gasteiger partial charge in [-0.25, -0.2) is 0 Å². The molecule has 0 bridgehead atoms. The maximum atomic E-state index is 12.2. The minimum Gasteiger partial charge on any atom is -0.496 e. The molecule has 1 fully saturated rings. The molecule has 1 heterocycles. The van der Waals surface area contributed by atoms with Gasteiger partial charge in [0.2, 0.25) is 0 Å². The number of methoxy groups -OCH3 is 1. The first kappa shape index (κ1) is 14.3. The molecule has 1 amide bonds. The van der Waals surface area contributed by atoms with Crippen molar-refractivity contribution in [2.75, 3.05) is 13.7 Å². The molecule has 1 aliphatic rings. The molecular formula is C14H19BrN2O2. The molecule has 0 spiro atoms. The number of carbonyl (C=O) groups is 1. The first-order chi connectivity index (χ1) is 9.11. The highest BCUT2D eigenvalue weighted by molar-refractivity contribution is 9.10. The van der Waals surface area contributed by atoms with Gasteiger partial charge in [-0.15, -0.1) is 0 Å². The largest absolute Gasteiger partial charge is 0.496 e. The van der Waals surface area contributed by atoms with Crippen molar-refractivity contribution in [3.8, 4) is 5.75 Å². The van der Waals surface area contributed by atoms with Gasteiger partial charge in [-0.2, -0.15) is 0 Å². The van der Waals surface area contributed by atoms with Crippen molar-refractivity contribution >= 4 is 21.8 Å². The second-order valence-corrected chi connectivity index (χ2v) is 5.67. The molecule has 5 heteroatoms. The summed E-state index contributed by atoms with van der Waals surface area (Å²) in [5, 5.41) is 6.46. The first-order valence-electron chi connectivity index (χ1n) is 6.49. The number of nitrogens with one attached hydrogen (secondary N) is 2. The van der Waals surface area contributed by atoms with E-state index in [2.05, 4.69) is 33.5 Å². The second kappa shape index (κ2) is 6.39. The van der Waals surface area contributed by atoms with Crippen LogP contribution in [0.4, 0.5) is 0 Å². The third-order valence-corrected chi connectivity index (χ3v) is 4.11. The molecule has 4 nitrogen and oxygen atoms in total. The fourth-order valence-corrected chi connectivity index (χ4v) is 2.84. The van der Waals surface area contributed by atoms with Crippen LogP contribution in [-0.2, 0) is 0 Å². The number of hydrogen-bond donors (Lipinski definition) is 2. The summed E-state index contributed by atoms with van der Waals surface area (Å²) in [6.45, 7) is 3.13. The Balaban J connectivity index is 2.05. The summed E-state index contributed by atoms with van der Waals surface area (Å²) in [6.07, 6.45) is 2.12. The Labute approximate surface area is 122 Å². The van der Waals surface area contributed by atoms with E-state index in [0.717, 1.165) is 29.6 Å². The van der Waals surface area contributed by atoms with Gasteiger partial charge in [-0.3, -0.25) is 4.79 Å². The summed E-state index contributed by atoms with van der Waals surface area (Å²) in [7, 11) is 1.61. The molecule has 0 aromatic heterocycles. The Morgan fingerprint density at radius 3 is 2.95 bits per heavy atom. The van der Waals surface area contributed by atoms with Crippen LogP contribution in [0, 0.1) is 0 Å². The van der Waals surface area contributed by atoms with E-state index in [-0.39, 0.29) is 11.9 Å². The van der Waals surface area contributed by atoms with E-state index in [1.807, 2.05) is 0 Å². The lowest BCUT2D eigenvalue weighted by atomic mass is 9.99. The molecule has 1 saturated heterocycles. The van der Waals surface area contributed by atoms with E-state index in [0.29, 0.717) is 11.6 Å². The Bertz CT molecular complexity index is 465. The topological polar surface area (TPSA) is 50.4 Å². The Morgan fingerprint density at radius 2 is 2.32 bits per heavy atom. The normalized spacial score (nSPS) is 22.9. The SMILES string of the molecule is COc1ccc(C(=O)NC2CCCNC2C)cc1Br. The molecule has 1 aromatic rings. The molecule has 1 aliphatic heterocycles. The number of rotatable bonds is 3. The van der Waals surface area contributed by atoms with Gasteiger partial charge in [-0.05, 0) is 60.4 Å². The van der Waals surface area contributed by atoms with Gasteiger partial charge < -0.3 is 15.4 Å². The molecule has 2 atom stereocenters. The molecular weight excluding hydrogens is 308 g/mol. The lowest BCUT2D eigenvalue weighted by Gasteiger charge is -2.30. The standard InChI is InChI=1S/C14H19BrN2O2/c1-9-12(4-3-7-16-9)17-14(18)10-5-6-13(19-2)11(15)8-10/h5-6,8-9,12,16H,3-4,7H2,1-2H3,(H,17,18). The number of halogens is 1. The van der Waals surface area contributed by atoms with E-state index < -0.39 is 0 Å². The monoisotopic (exact) mass is 326 g/mol. The zero-order chi connectivity index (χ0) is 13.8. The van der Waals surface area contributed by atoms with Crippen molar-refractivity contribution in [2.45, 2.75) is 31.8 Å². The lowest BCUT2D eigenvalue weighted by molar-refractivity contribution is 0.0920. The van der Waals surface area contributed by atoms with Crippen LogP contribution in [0.3, 0.4) is 0 Å². The van der Waals surface area contributed by atoms with E-state index in [4.69, 9.17) is 4.74 Å². The zero-order valence-corrected chi connectivity index (χ0v) is 12.8. The van der Waals surface area contributed by atoms with Crippen molar-refractivity contribution in [1.29, 1.82) is 0 Å². The highest BCUT2D eigenvalue weighted by atomic mass is 79.9. The van der Waals surface area contributed by atoms with Gasteiger partial charge in [0, 0.05) is 17.6 Å². The minimum atomic E-state index is -0.0381. The maximum absolute atomic E-state index is 12.2. The molecule has 0 aliphatic carbocycles. The average molecular weight is 327 g/mol. The third kappa shape index (κ3) is 3.48. The quantitative estimate of drug-likeness (QED) is 0.896. The van der Waals surface area contributed by atoms with Gasteiger partial charge in [0.05, 0.1) is 11.6 Å². The first-order valence-corrected chi connectivity index (χ1v) is 7.29. The number of benzene rings is 1. The lowest BCUT2D eigenvalue weighted by Crippen LogP contribution is -2.51. The van der Waals surface area contributed by atoms with Crippen LogP contribution in [0.15, 0.2) is 22.7 Å². The molecule has 2 unspecified atom stereocenters. The number of piperidine rings is 1. The van der Waals surface area contributed by atoms with Crippen molar-refractivity contribution in [1.82, 2.24) is 10.6 Å². The summed E-state index contributed by atoms with van der Waals surface area (Å²) in [4.78, 5) is 12.2. The fourth-order valence-electron chi connectivity index (χ4n) is 2.30. The number of hydrogen-bond acceptors (Lipinski definition) is 3. The summed E-state index contributed by atoms with van der Waals surface area (Å²) >= 11 is 3.40. The molecule has 2 rings (SSSR count). The molecule has 0 saturated carbocycles. The van der Waals surface area contributed by atoms with Gasteiger partial charge in [0.25, 0.3) is 5.91 Å². The highest BCUT2D eigenvalue weighted by Gasteiger charge is 2.23. The zero-order valence-electron chi connectivity index (χ0n) is 11.2. The summed E-state index contributed by atoms with van der Waals surface area (Å²) in [5.74, 6) is 0.688. The predicted molar refractivity (Wildman–Crippen MR) is 78.6 cm³/mol. The van der Waals surface area contributed by atoms with E-state index in [1.54, 1.807) is 25.3 Å².